The predicted molar refractivity (Wildman–Crippen MR) is 74.9 cm³/mol. The summed E-state index contributed by atoms with van der Waals surface area (Å²) in [5.74, 6) is 5.08. The first-order valence-corrected chi connectivity index (χ1v) is 7.87. The largest absolute Gasteiger partial charge is 0.351 e. The maximum atomic E-state index is 11.9. The van der Waals surface area contributed by atoms with E-state index in [1.54, 1.807) is 6.07 Å². The van der Waals surface area contributed by atoms with Gasteiger partial charge in [0.2, 0.25) is 10.0 Å². The van der Waals surface area contributed by atoms with Crippen LogP contribution in [0.3, 0.4) is 0 Å². The van der Waals surface area contributed by atoms with Crippen molar-refractivity contribution in [3.63, 3.8) is 0 Å². The van der Waals surface area contributed by atoms with Gasteiger partial charge in [0, 0.05) is 23.8 Å². The van der Waals surface area contributed by atoms with Crippen LogP contribution in [-0.2, 0) is 10.0 Å². The molecule has 0 saturated heterocycles. The van der Waals surface area contributed by atoms with Crippen LogP contribution in [0.25, 0.3) is 0 Å². The van der Waals surface area contributed by atoms with Crippen molar-refractivity contribution in [3.05, 3.63) is 22.3 Å². The van der Waals surface area contributed by atoms with Crippen molar-refractivity contribution in [2.45, 2.75) is 0 Å². The Labute approximate surface area is 119 Å². The number of nitrogens with zero attached hydrogens (tertiary/aromatic N) is 1. The molecule has 0 aliphatic carbocycles. The lowest BCUT2D eigenvalue weighted by Crippen LogP contribution is -2.34. The first kappa shape index (κ1) is 15.8. The van der Waals surface area contributed by atoms with Gasteiger partial charge in [-0.15, -0.1) is 0 Å². The first-order chi connectivity index (χ1) is 8.83. The number of aromatic nitrogens is 1. The molecule has 1 aromatic rings. The van der Waals surface area contributed by atoms with Gasteiger partial charge in [-0.2, -0.15) is 0 Å². The number of carbonyl (C=O) groups is 1. The predicted octanol–water partition coefficient (Wildman–Crippen LogP) is -0.591. The van der Waals surface area contributed by atoms with Gasteiger partial charge in [-0.05, 0) is 22.0 Å². The monoisotopic (exact) mass is 351 g/mol. The van der Waals surface area contributed by atoms with Gasteiger partial charge in [-0.1, -0.05) is 0 Å². The van der Waals surface area contributed by atoms with Crippen molar-refractivity contribution >= 4 is 37.7 Å². The Hall–Kier alpha value is -1.23. The van der Waals surface area contributed by atoms with E-state index in [0.717, 1.165) is 6.26 Å². The molecule has 1 heterocycles. The number of pyridine rings is 1. The van der Waals surface area contributed by atoms with Gasteiger partial charge in [0.05, 0.1) is 11.8 Å². The molecule has 0 spiro atoms. The number of carbonyl (C=O) groups excluding carboxylic acids is 1. The van der Waals surface area contributed by atoms with Gasteiger partial charge in [-0.25, -0.2) is 24.0 Å². The molecule has 19 heavy (non-hydrogen) atoms. The van der Waals surface area contributed by atoms with Gasteiger partial charge in [0.25, 0.3) is 5.91 Å². The van der Waals surface area contributed by atoms with Crippen molar-refractivity contribution in [1.29, 1.82) is 0 Å². The highest BCUT2D eigenvalue weighted by molar-refractivity contribution is 9.10. The average molecular weight is 352 g/mol. The average Bonchev–Trinajstić information content (AvgIpc) is 2.33. The van der Waals surface area contributed by atoms with Crippen LogP contribution in [0.4, 0.5) is 5.82 Å². The molecular weight excluding hydrogens is 338 g/mol. The standard InChI is InChI=1S/C9H14BrN5O3S/c1-19(17,18)14-3-2-12-9(16)7-4-6(10)5-13-8(7)15-11/h4-5,14H,2-3,11H2,1H3,(H,12,16)(H,13,15). The molecular formula is C9H14BrN5O3S. The molecule has 0 aliphatic heterocycles. The molecule has 0 radical (unpaired) electrons. The molecule has 5 N–H and O–H groups in total. The van der Waals surface area contributed by atoms with Gasteiger partial charge < -0.3 is 10.7 Å². The van der Waals surface area contributed by atoms with Crippen LogP contribution in [0.15, 0.2) is 16.7 Å². The summed E-state index contributed by atoms with van der Waals surface area (Å²) in [5.41, 5.74) is 2.57. The van der Waals surface area contributed by atoms with Crippen molar-refractivity contribution in [2.24, 2.45) is 5.84 Å². The Morgan fingerprint density at radius 1 is 1.47 bits per heavy atom. The summed E-state index contributed by atoms with van der Waals surface area (Å²) >= 11 is 3.20. The Balaban J connectivity index is 2.61. The highest BCUT2D eigenvalue weighted by Crippen LogP contribution is 2.16. The third-order valence-electron chi connectivity index (χ3n) is 2.01. The zero-order chi connectivity index (χ0) is 14.5. The molecule has 0 atom stereocenters. The van der Waals surface area contributed by atoms with Crippen molar-refractivity contribution in [1.82, 2.24) is 15.0 Å². The number of amides is 1. The topological polar surface area (TPSA) is 126 Å². The molecule has 0 aromatic carbocycles. The quantitative estimate of drug-likeness (QED) is 0.308. The maximum absolute atomic E-state index is 11.9. The summed E-state index contributed by atoms with van der Waals surface area (Å²) in [7, 11) is -3.26. The number of anilines is 1. The summed E-state index contributed by atoms with van der Waals surface area (Å²) in [6.45, 7) is 0.264. The molecule has 1 amide bonds. The Kier molecular flexibility index (Phi) is 5.66. The summed E-state index contributed by atoms with van der Waals surface area (Å²) in [6.07, 6.45) is 2.54. The van der Waals surface area contributed by atoms with Crippen LogP contribution < -0.4 is 21.3 Å². The normalized spacial score (nSPS) is 11.1. The number of nitrogen functional groups attached to an aromatic ring is 1. The number of hydrazine groups is 1. The van der Waals surface area contributed by atoms with E-state index < -0.39 is 15.9 Å². The van der Waals surface area contributed by atoms with Crippen LogP contribution >= 0.6 is 15.9 Å². The first-order valence-electron chi connectivity index (χ1n) is 5.18. The fraction of sp³-hybridized carbons (Fsp3) is 0.333. The number of rotatable bonds is 6. The number of nitrogens with two attached hydrogens (primary N) is 1. The van der Waals surface area contributed by atoms with E-state index in [1.165, 1.54) is 6.20 Å². The lowest BCUT2D eigenvalue weighted by atomic mass is 10.2. The number of nitrogens with one attached hydrogen (secondary N) is 3. The fourth-order valence-electron chi connectivity index (χ4n) is 1.24. The number of sulfonamides is 1. The maximum Gasteiger partial charge on any atom is 0.255 e. The van der Waals surface area contributed by atoms with Crippen molar-refractivity contribution in [2.75, 3.05) is 24.8 Å². The summed E-state index contributed by atoms with van der Waals surface area (Å²) in [6, 6.07) is 1.56. The number of halogens is 1. The van der Waals surface area contributed by atoms with E-state index in [2.05, 4.69) is 36.4 Å². The summed E-state index contributed by atoms with van der Waals surface area (Å²) in [5, 5.41) is 2.55. The number of hydrogen-bond acceptors (Lipinski definition) is 6. The smallest absolute Gasteiger partial charge is 0.255 e. The Morgan fingerprint density at radius 3 is 2.74 bits per heavy atom. The molecule has 1 rings (SSSR count). The van der Waals surface area contributed by atoms with Crippen molar-refractivity contribution in [3.8, 4) is 0 Å². The fourth-order valence-corrected chi connectivity index (χ4v) is 2.04. The minimum Gasteiger partial charge on any atom is -0.351 e. The zero-order valence-electron chi connectivity index (χ0n) is 10.1. The third kappa shape index (κ3) is 5.51. The molecule has 106 valence electrons. The van der Waals surface area contributed by atoms with Gasteiger partial charge in [0.1, 0.15) is 0 Å². The van der Waals surface area contributed by atoms with Crippen LogP contribution in [0.1, 0.15) is 10.4 Å². The second-order valence-electron chi connectivity index (χ2n) is 3.62. The van der Waals surface area contributed by atoms with E-state index >= 15 is 0 Å². The highest BCUT2D eigenvalue weighted by Gasteiger charge is 2.12. The molecule has 8 nitrogen and oxygen atoms in total. The molecule has 0 unspecified atom stereocenters. The summed E-state index contributed by atoms with van der Waals surface area (Å²) in [4.78, 5) is 15.8. The second-order valence-corrected chi connectivity index (χ2v) is 6.37. The Morgan fingerprint density at radius 2 is 2.16 bits per heavy atom. The molecule has 1 aromatic heterocycles. The molecule has 0 saturated carbocycles. The van der Waals surface area contributed by atoms with E-state index in [9.17, 15) is 13.2 Å². The van der Waals surface area contributed by atoms with Gasteiger partial charge in [0.15, 0.2) is 5.82 Å². The highest BCUT2D eigenvalue weighted by atomic mass is 79.9. The number of hydrogen-bond donors (Lipinski definition) is 4. The van der Waals surface area contributed by atoms with Crippen LogP contribution in [0.2, 0.25) is 0 Å². The van der Waals surface area contributed by atoms with E-state index in [0.29, 0.717) is 4.47 Å². The van der Waals surface area contributed by atoms with E-state index in [1.807, 2.05) is 0 Å². The lowest BCUT2D eigenvalue weighted by Gasteiger charge is -2.09. The third-order valence-corrected chi connectivity index (χ3v) is 3.17. The molecule has 10 heteroatoms. The van der Waals surface area contributed by atoms with Crippen LogP contribution in [-0.4, -0.2) is 38.7 Å². The molecule has 0 aliphatic rings. The van der Waals surface area contributed by atoms with Crippen molar-refractivity contribution < 1.29 is 13.2 Å². The van der Waals surface area contributed by atoms with Crippen LogP contribution in [0, 0.1) is 0 Å². The van der Waals surface area contributed by atoms with Gasteiger partial charge >= 0.3 is 0 Å². The second kappa shape index (κ2) is 6.80. The van der Waals surface area contributed by atoms with Crippen LogP contribution in [0.5, 0.6) is 0 Å². The SMILES string of the molecule is CS(=O)(=O)NCCNC(=O)c1cc(Br)cnc1NN. The molecule has 0 fully saturated rings. The minimum absolute atomic E-state index is 0.109. The Bertz CT molecular complexity index is 563. The molecule has 0 bridgehead atoms. The lowest BCUT2D eigenvalue weighted by molar-refractivity contribution is 0.0954. The summed E-state index contributed by atoms with van der Waals surface area (Å²) < 4.78 is 24.5. The zero-order valence-corrected chi connectivity index (χ0v) is 12.5. The van der Waals surface area contributed by atoms with E-state index in [-0.39, 0.29) is 24.5 Å². The van der Waals surface area contributed by atoms with E-state index in [4.69, 9.17) is 5.84 Å². The minimum atomic E-state index is -3.26. The van der Waals surface area contributed by atoms with Gasteiger partial charge in [-0.3, -0.25) is 4.79 Å².